The van der Waals surface area contributed by atoms with Gasteiger partial charge < -0.3 is 4.90 Å². The highest BCUT2D eigenvalue weighted by Crippen LogP contribution is 2.27. The summed E-state index contributed by atoms with van der Waals surface area (Å²) in [6.07, 6.45) is 4.59. The number of piperazine rings is 1. The van der Waals surface area contributed by atoms with E-state index < -0.39 is 0 Å². The molecule has 116 valence electrons. The summed E-state index contributed by atoms with van der Waals surface area (Å²) in [5.41, 5.74) is 1.89. The van der Waals surface area contributed by atoms with E-state index in [0.29, 0.717) is 17.4 Å². The molecule has 0 aromatic heterocycles. The van der Waals surface area contributed by atoms with Gasteiger partial charge in [-0.1, -0.05) is 25.0 Å². The number of hydrogen-bond donors (Lipinski definition) is 0. The quantitative estimate of drug-likeness (QED) is 0.860. The fourth-order valence-corrected chi connectivity index (χ4v) is 3.55. The van der Waals surface area contributed by atoms with Crippen molar-refractivity contribution in [1.82, 2.24) is 9.80 Å². The predicted molar refractivity (Wildman–Crippen MR) is 85.0 cm³/mol. The second kappa shape index (κ2) is 6.93. The van der Waals surface area contributed by atoms with E-state index in [1.54, 1.807) is 0 Å². The molecule has 3 rings (SSSR count). The molecular weight excluding hydrogens is 274 g/mol. The molecule has 2 aliphatic rings. The van der Waals surface area contributed by atoms with Crippen molar-refractivity contribution < 1.29 is 4.79 Å². The van der Waals surface area contributed by atoms with Gasteiger partial charge in [-0.25, -0.2) is 0 Å². The number of carbonyl (C=O) groups excluding carboxylic acids is 1. The summed E-state index contributed by atoms with van der Waals surface area (Å²) in [7, 11) is 0. The van der Waals surface area contributed by atoms with E-state index in [9.17, 15) is 4.79 Å². The SMILES string of the molecule is N#Cc1cccc(CN2CCN(C(=O)C3CCCC3)CC2)c1. The summed E-state index contributed by atoms with van der Waals surface area (Å²) < 4.78 is 0. The molecule has 4 heteroatoms. The van der Waals surface area contributed by atoms with Crippen molar-refractivity contribution in [1.29, 1.82) is 5.26 Å². The van der Waals surface area contributed by atoms with E-state index in [-0.39, 0.29) is 0 Å². The van der Waals surface area contributed by atoms with Crippen LogP contribution in [0.15, 0.2) is 24.3 Å². The standard InChI is InChI=1S/C18H23N3O/c19-13-15-4-3-5-16(12-15)14-20-8-10-21(11-9-20)18(22)17-6-1-2-7-17/h3-5,12,17H,1-2,6-11,14H2. The molecule has 0 bridgehead atoms. The third-order valence-electron chi connectivity index (χ3n) is 4.85. The first-order chi connectivity index (χ1) is 10.8. The van der Waals surface area contributed by atoms with Gasteiger partial charge in [0.2, 0.25) is 5.91 Å². The molecule has 1 aromatic carbocycles. The largest absolute Gasteiger partial charge is 0.340 e. The maximum Gasteiger partial charge on any atom is 0.225 e. The summed E-state index contributed by atoms with van der Waals surface area (Å²) in [6.45, 7) is 4.39. The van der Waals surface area contributed by atoms with Gasteiger partial charge in [0.25, 0.3) is 0 Å². The first kappa shape index (κ1) is 15.1. The molecule has 2 fully saturated rings. The van der Waals surface area contributed by atoms with Gasteiger partial charge in [0.1, 0.15) is 0 Å². The Balaban J connectivity index is 1.51. The Kier molecular flexibility index (Phi) is 4.74. The Morgan fingerprint density at radius 3 is 2.59 bits per heavy atom. The molecular formula is C18H23N3O. The summed E-state index contributed by atoms with van der Waals surface area (Å²) in [6, 6.07) is 9.98. The Labute approximate surface area is 132 Å². The van der Waals surface area contributed by atoms with Crippen molar-refractivity contribution >= 4 is 5.91 Å². The zero-order valence-electron chi connectivity index (χ0n) is 13.0. The van der Waals surface area contributed by atoms with Gasteiger partial charge in [-0.05, 0) is 30.5 Å². The van der Waals surface area contributed by atoms with Gasteiger partial charge in [0, 0.05) is 38.6 Å². The molecule has 1 aliphatic heterocycles. The lowest BCUT2D eigenvalue weighted by atomic mass is 10.1. The van der Waals surface area contributed by atoms with E-state index in [4.69, 9.17) is 5.26 Å². The van der Waals surface area contributed by atoms with E-state index in [1.165, 1.54) is 18.4 Å². The van der Waals surface area contributed by atoms with Crippen LogP contribution in [0.25, 0.3) is 0 Å². The number of carbonyl (C=O) groups is 1. The van der Waals surface area contributed by atoms with Crippen LogP contribution in [-0.4, -0.2) is 41.9 Å². The highest BCUT2D eigenvalue weighted by Gasteiger charge is 2.29. The second-order valence-electron chi connectivity index (χ2n) is 6.39. The van der Waals surface area contributed by atoms with Crippen LogP contribution in [0, 0.1) is 17.2 Å². The van der Waals surface area contributed by atoms with Crippen LogP contribution < -0.4 is 0 Å². The van der Waals surface area contributed by atoms with Crippen molar-refractivity contribution in [2.45, 2.75) is 32.2 Å². The van der Waals surface area contributed by atoms with Gasteiger partial charge in [-0.3, -0.25) is 9.69 Å². The summed E-state index contributed by atoms with van der Waals surface area (Å²) in [5, 5.41) is 8.96. The first-order valence-electron chi connectivity index (χ1n) is 8.26. The molecule has 1 aliphatic carbocycles. The van der Waals surface area contributed by atoms with E-state index in [0.717, 1.165) is 45.6 Å². The van der Waals surface area contributed by atoms with Crippen LogP contribution in [0.3, 0.4) is 0 Å². The summed E-state index contributed by atoms with van der Waals surface area (Å²) >= 11 is 0. The third-order valence-corrected chi connectivity index (χ3v) is 4.85. The zero-order chi connectivity index (χ0) is 15.4. The zero-order valence-corrected chi connectivity index (χ0v) is 13.0. The molecule has 0 atom stereocenters. The van der Waals surface area contributed by atoms with Crippen LogP contribution in [0.2, 0.25) is 0 Å². The van der Waals surface area contributed by atoms with Crippen LogP contribution in [-0.2, 0) is 11.3 Å². The molecule has 0 spiro atoms. The summed E-state index contributed by atoms with van der Waals surface area (Å²) in [4.78, 5) is 16.8. The molecule has 0 radical (unpaired) electrons. The molecule has 22 heavy (non-hydrogen) atoms. The number of nitrogens with zero attached hydrogens (tertiary/aromatic N) is 3. The van der Waals surface area contributed by atoms with Crippen molar-refractivity contribution in [3.05, 3.63) is 35.4 Å². The lowest BCUT2D eigenvalue weighted by Crippen LogP contribution is -2.49. The van der Waals surface area contributed by atoms with Gasteiger partial charge in [0.15, 0.2) is 0 Å². The fraction of sp³-hybridized carbons (Fsp3) is 0.556. The van der Waals surface area contributed by atoms with Crippen LogP contribution in [0.1, 0.15) is 36.8 Å². The van der Waals surface area contributed by atoms with Crippen LogP contribution in [0.4, 0.5) is 0 Å². The minimum absolute atomic E-state index is 0.291. The minimum Gasteiger partial charge on any atom is -0.340 e. The third kappa shape index (κ3) is 3.48. The van der Waals surface area contributed by atoms with Crippen molar-refractivity contribution in [2.24, 2.45) is 5.92 Å². The average Bonchev–Trinajstić information content (AvgIpc) is 3.09. The fourth-order valence-electron chi connectivity index (χ4n) is 3.55. The monoisotopic (exact) mass is 297 g/mol. The molecule has 1 heterocycles. The Morgan fingerprint density at radius 1 is 1.18 bits per heavy atom. The van der Waals surface area contributed by atoms with Crippen molar-refractivity contribution in [2.75, 3.05) is 26.2 Å². The topological polar surface area (TPSA) is 47.3 Å². The maximum atomic E-state index is 12.4. The van der Waals surface area contributed by atoms with Crippen LogP contribution in [0.5, 0.6) is 0 Å². The van der Waals surface area contributed by atoms with Crippen LogP contribution >= 0.6 is 0 Å². The van der Waals surface area contributed by atoms with Gasteiger partial charge in [-0.2, -0.15) is 5.26 Å². The van der Waals surface area contributed by atoms with E-state index >= 15 is 0 Å². The molecule has 1 saturated heterocycles. The molecule has 4 nitrogen and oxygen atoms in total. The Morgan fingerprint density at radius 2 is 1.91 bits per heavy atom. The average molecular weight is 297 g/mol. The Bertz CT molecular complexity index is 564. The second-order valence-corrected chi connectivity index (χ2v) is 6.39. The molecule has 1 saturated carbocycles. The molecule has 0 N–H and O–H groups in total. The highest BCUT2D eigenvalue weighted by molar-refractivity contribution is 5.79. The lowest BCUT2D eigenvalue weighted by molar-refractivity contribution is -0.137. The number of hydrogen-bond acceptors (Lipinski definition) is 3. The Hall–Kier alpha value is -1.86. The molecule has 0 unspecified atom stereocenters. The number of nitriles is 1. The molecule has 1 aromatic rings. The maximum absolute atomic E-state index is 12.4. The lowest BCUT2D eigenvalue weighted by Gasteiger charge is -2.36. The van der Waals surface area contributed by atoms with Crippen molar-refractivity contribution in [3.8, 4) is 6.07 Å². The number of amides is 1. The van der Waals surface area contributed by atoms with E-state index in [2.05, 4.69) is 21.9 Å². The summed E-state index contributed by atoms with van der Waals surface area (Å²) in [5.74, 6) is 0.669. The predicted octanol–water partition coefficient (Wildman–Crippen LogP) is 2.39. The number of benzene rings is 1. The normalized spacial score (nSPS) is 20.0. The first-order valence-corrected chi connectivity index (χ1v) is 8.26. The number of rotatable bonds is 3. The smallest absolute Gasteiger partial charge is 0.225 e. The van der Waals surface area contributed by atoms with E-state index in [1.807, 2.05) is 18.2 Å². The van der Waals surface area contributed by atoms with Gasteiger partial charge >= 0.3 is 0 Å². The molecule has 1 amide bonds. The van der Waals surface area contributed by atoms with Gasteiger partial charge in [-0.15, -0.1) is 0 Å². The van der Waals surface area contributed by atoms with Crippen molar-refractivity contribution in [3.63, 3.8) is 0 Å². The van der Waals surface area contributed by atoms with Gasteiger partial charge in [0.05, 0.1) is 11.6 Å². The minimum atomic E-state index is 0.291. The highest BCUT2D eigenvalue weighted by atomic mass is 16.2.